The van der Waals surface area contributed by atoms with Gasteiger partial charge in [-0.1, -0.05) is 24.3 Å². The Labute approximate surface area is 156 Å². The molecule has 0 aliphatic rings. The maximum atomic E-state index is 12.9. The number of halogens is 2. The van der Waals surface area contributed by atoms with Crippen molar-refractivity contribution < 1.29 is 21.9 Å². The van der Waals surface area contributed by atoms with Gasteiger partial charge < -0.3 is 9.64 Å². The quantitative estimate of drug-likeness (QED) is 0.679. The molecule has 142 valence electrons. The van der Waals surface area contributed by atoms with Crippen LogP contribution in [-0.2, 0) is 10.0 Å². The predicted octanol–water partition coefficient (Wildman–Crippen LogP) is 4.31. The maximum Gasteiger partial charge on any atom is 0.387 e. The zero-order chi connectivity index (χ0) is 19.6. The third-order valence-electron chi connectivity index (χ3n) is 3.96. The van der Waals surface area contributed by atoms with E-state index in [-0.39, 0.29) is 16.3 Å². The summed E-state index contributed by atoms with van der Waals surface area (Å²) in [7, 11) is -0.104. The van der Waals surface area contributed by atoms with E-state index >= 15 is 0 Å². The van der Waals surface area contributed by atoms with Crippen molar-refractivity contribution in [3.63, 3.8) is 0 Å². The Kier molecular flexibility index (Phi) is 5.18. The van der Waals surface area contributed by atoms with Crippen molar-refractivity contribution in [1.29, 1.82) is 0 Å². The molecule has 0 spiro atoms. The number of sulfonamides is 1. The Bertz CT molecular complexity index is 1050. The van der Waals surface area contributed by atoms with Crippen molar-refractivity contribution in [1.82, 2.24) is 0 Å². The average molecular weight is 392 g/mol. The molecule has 3 aromatic rings. The molecular formula is C19H18F2N2O3S. The van der Waals surface area contributed by atoms with E-state index in [4.69, 9.17) is 0 Å². The number of alkyl halides is 2. The van der Waals surface area contributed by atoms with Gasteiger partial charge in [0.15, 0.2) is 0 Å². The third kappa shape index (κ3) is 4.11. The number of hydrogen-bond acceptors (Lipinski definition) is 4. The van der Waals surface area contributed by atoms with Crippen LogP contribution in [0.1, 0.15) is 0 Å². The Balaban J connectivity index is 1.97. The van der Waals surface area contributed by atoms with Gasteiger partial charge in [-0.2, -0.15) is 8.78 Å². The van der Waals surface area contributed by atoms with Crippen LogP contribution in [-0.4, -0.2) is 29.1 Å². The van der Waals surface area contributed by atoms with Gasteiger partial charge in [0, 0.05) is 36.2 Å². The van der Waals surface area contributed by atoms with Gasteiger partial charge in [0.1, 0.15) is 5.75 Å². The van der Waals surface area contributed by atoms with E-state index < -0.39 is 16.6 Å². The molecule has 0 aromatic heterocycles. The number of benzene rings is 3. The molecular weight excluding hydrogens is 374 g/mol. The van der Waals surface area contributed by atoms with Crippen molar-refractivity contribution in [2.24, 2.45) is 0 Å². The molecule has 0 radical (unpaired) electrons. The highest BCUT2D eigenvalue weighted by Crippen LogP contribution is 2.31. The van der Waals surface area contributed by atoms with Gasteiger partial charge in [0.05, 0.1) is 4.90 Å². The van der Waals surface area contributed by atoms with Gasteiger partial charge in [0.2, 0.25) is 0 Å². The summed E-state index contributed by atoms with van der Waals surface area (Å²) in [5.74, 6) is -0.0475. The number of hydrogen-bond donors (Lipinski definition) is 1. The Morgan fingerprint density at radius 2 is 1.56 bits per heavy atom. The second-order valence-corrected chi connectivity index (χ2v) is 7.68. The molecule has 3 rings (SSSR count). The summed E-state index contributed by atoms with van der Waals surface area (Å²) in [6.07, 6.45) is 0. The average Bonchev–Trinajstić information content (AvgIpc) is 2.61. The molecule has 0 fully saturated rings. The Morgan fingerprint density at radius 3 is 2.19 bits per heavy atom. The van der Waals surface area contributed by atoms with Gasteiger partial charge in [0.25, 0.3) is 10.0 Å². The smallest absolute Gasteiger partial charge is 0.387 e. The molecule has 3 aromatic carbocycles. The molecule has 0 unspecified atom stereocenters. The molecule has 0 amide bonds. The Morgan fingerprint density at radius 1 is 0.926 bits per heavy atom. The van der Waals surface area contributed by atoms with E-state index in [1.807, 2.05) is 31.1 Å². The highest BCUT2D eigenvalue weighted by Gasteiger charge is 2.19. The van der Waals surface area contributed by atoms with Crippen LogP contribution in [0.2, 0.25) is 0 Å². The number of nitrogens with one attached hydrogen (secondary N) is 1. The first-order valence-electron chi connectivity index (χ1n) is 8.05. The van der Waals surface area contributed by atoms with Crippen LogP contribution in [0.25, 0.3) is 10.8 Å². The monoisotopic (exact) mass is 392 g/mol. The van der Waals surface area contributed by atoms with Crippen molar-refractivity contribution >= 4 is 32.2 Å². The number of fused-ring (bicyclic) bond motifs is 1. The predicted molar refractivity (Wildman–Crippen MR) is 102 cm³/mol. The first kappa shape index (κ1) is 18.9. The first-order valence-corrected chi connectivity index (χ1v) is 9.53. The molecule has 0 saturated carbocycles. The summed E-state index contributed by atoms with van der Waals surface area (Å²) in [5.41, 5.74) is 1.15. The molecule has 0 saturated heterocycles. The van der Waals surface area contributed by atoms with Crippen molar-refractivity contribution in [2.75, 3.05) is 23.7 Å². The number of nitrogens with zero attached hydrogens (tertiary/aromatic N) is 1. The molecule has 27 heavy (non-hydrogen) atoms. The lowest BCUT2D eigenvalue weighted by Gasteiger charge is -2.17. The topological polar surface area (TPSA) is 58.6 Å². The summed E-state index contributed by atoms with van der Waals surface area (Å²) in [6.45, 7) is -2.94. The minimum absolute atomic E-state index is 0.0475. The summed E-state index contributed by atoms with van der Waals surface area (Å²) in [5, 5.41) is 1.40. The zero-order valence-corrected chi connectivity index (χ0v) is 15.5. The standard InChI is InChI=1S/C19H18F2N2O3S/c1-23(2)17-7-3-6-16-15(17)5-4-8-18(16)27(24,25)22-13-9-11-14(12-10-13)26-19(20)21/h3-12,19,22H,1-2H3. The van der Waals surface area contributed by atoms with Crippen LogP contribution < -0.4 is 14.4 Å². The summed E-state index contributed by atoms with van der Waals surface area (Å²) >= 11 is 0. The Hall–Kier alpha value is -2.87. The largest absolute Gasteiger partial charge is 0.435 e. The van der Waals surface area contributed by atoms with Gasteiger partial charge in [-0.05, 0) is 36.4 Å². The molecule has 0 bridgehead atoms. The highest BCUT2D eigenvalue weighted by molar-refractivity contribution is 7.93. The van der Waals surface area contributed by atoms with Crippen LogP contribution in [0.4, 0.5) is 20.2 Å². The van der Waals surface area contributed by atoms with E-state index in [0.717, 1.165) is 11.1 Å². The second-order valence-electron chi connectivity index (χ2n) is 6.03. The lowest BCUT2D eigenvalue weighted by molar-refractivity contribution is -0.0498. The van der Waals surface area contributed by atoms with E-state index in [9.17, 15) is 17.2 Å². The van der Waals surface area contributed by atoms with Gasteiger partial charge in [-0.25, -0.2) is 8.42 Å². The van der Waals surface area contributed by atoms with Crippen molar-refractivity contribution in [3.8, 4) is 5.75 Å². The van der Waals surface area contributed by atoms with E-state index in [2.05, 4.69) is 9.46 Å². The van der Waals surface area contributed by atoms with Crippen molar-refractivity contribution in [3.05, 3.63) is 60.7 Å². The minimum Gasteiger partial charge on any atom is -0.435 e. The molecule has 0 aliphatic heterocycles. The molecule has 0 aliphatic carbocycles. The van der Waals surface area contributed by atoms with E-state index in [0.29, 0.717) is 5.39 Å². The van der Waals surface area contributed by atoms with Crippen LogP contribution >= 0.6 is 0 Å². The fourth-order valence-electron chi connectivity index (χ4n) is 2.80. The highest BCUT2D eigenvalue weighted by atomic mass is 32.2. The van der Waals surface area contributed by atoms with E-state index in [1.54, 1.807) is 18.2 Å². The van der Waals surface area contributed by atoms with Crippen LogP contribution in [0.15, 0.2) is 65.6 Å². The lowest BCUT2D eigenvalue weighted by Crippen LogP contribution is -2.14. The van der Waals surface area contributed by atoms with Crippen molar-refractivity contribution in [2.45, 2.75) is 11.5 Å². The molecule has 0 heterocycles. The normalized spacial score (nSPS) is 11.6. The number of ether oxygens (including phenoxy) is 1. The fourth-order valence-corrected chi connectivity index (χ4v) is 4.08. The zero-order valence-electron chi connectivity index (χ0n) is 14.7. The van der Waals surface area contributed by atoms with Gasteiger partial charge in [-0.3, -0.25) is 4.72 Å². The van der Waals surface area contributed by atoms with Crippen LogP contribution in [0.5, 0.6) is 5.75 Å². The SMILES string of the molecule is CN(C)c1cccc2c(S(=O)(=O)Nc3ccc(OC(F)F)cc3)cccc12. The minimum atomic E-state index is -3.88. The molecule has 5 nitrogen and oxygen atoms in total. The number of rotatable bonds is 6. The maximum absolute atomic E-state index is 12.9. The third-order valence-corrected chi connectivity index (χ3v) is 5.40. The molecule has 1 N–H and O–H groups in total. The van der Waals surface area contributed by atoms with Gasteiger partial charge in [-0.15, -0.1) is 0 Å². The fraction of sp³-hybridized carbons (Fsp3) is 0.158. The number of anilines is 2. The summed E-state index contributed by atoms with van der Waals surface area (Å²) < 4.78 is 56.9. The van der Waals surface area contributed by atoms with Crippen LogP contribution in [0, 0.1) is 0 Å². The van der Waals surface area contributed by atoms with E-state index in [1.165, 1.54) is 30.3 Å². The second kappa shape index (κ2) is 7.40. The molecule has 0 atom stereocenters. The van der Waals surface area contributed by atoms with Crippen LogP contribution in [0.3, 0.4) is 0 Å². The summed E-state index contributed by atoms with van der Waals surface area (Å²) in [6, 6.07) is 15.8. The molecule has 8 heteroatoms. The first-order chi connectivity index (χ1) is 12.8. The summed E-state index contributed by atoms with van der Waals surface area (Å²) in [4.78, 5) is 2.05. The van der Waals surface area contributed by atoms with Gasteiger partial charge >= 0.3 is 6.61 Å². The lowest BCUT2D eigenvalue weighted by atomic mass is 10.1.